The van der Waals surface area contributed by atoms with E-state index in [4.69, 9.17) is 4.74 Å². The Morgan fingerprint density at radius 1 is 1.50 bits per heavy atom. The third kappa shape index (κ3) is 2.86. The zero-order valence-electron chi connectivity index (χ0n) is 9.83. The van der Waals surface area contributed by atoms with Crippen LogP contribution in [0.15, 0.2) is 36.5 Å². The van der Waals surface area contributed by atoms with Gasteiger partial charge in [0.05, 0.1) is 6.61 Å². The fourth-order valence-electron chi connectivity index (χ4n) is 2.03. The summed E-state index contributed by atoms with van der Waals surface area (Å²) < 4.78 is 5.46. The van der Waals surface area contributed by atoms with Gasteiger partial charge in [0.25, 0.3) is 0 Å². The van der Waals surface area contributed by atoms with E-state index in [-0.39, 0.29) is 0 Å². The molecular formula is C14H19NO. The summed E-state index contributed by atoms with van der Waals surface area (Å²) in [7, 11) is 0. The van der Waals surface area contributed by atoms with Crippen LogP contribution in [0.1, 0.15) is 18.4 Å². The highest BCUT2D eigenvalue weighted by molar-refractivity contribution is 5.49. The smallest absolute Gasteiger partial charge is 0.0548 e. The molecule has 2 rings (SSSR count). The molecule has 0 aliphatic carbocycles. The lowest BCUT2D eigenvalue weighted by Gasteiger charge is -2.25. The van der Waals surface area contributed by atoms with Gasteiger partial charge in [-0.05, 0) is 37.5 Å². The first-order valence-electron chi connectivity index (χ1n) is 5.86. The summed E-state index contributed by atoms with van der Waals surface area (Å²) >= 11 is 0. The maximum atomic E-state index is 5.46. The Kier molecular flexibility index (Phi) is 3.62. The molecule has 16 heavy (non-hydrogen) atoms. The van der Waals surface area contributed by atoms with Crippen LogP contribution < -0.4 is 5.32 Å². The highest BCUT2D eigenvalue weighted by atomic mass is 16.5. The number of ether oxygens (including phenoxy) is 1. The molecule has 1 aliphatic heterocycles. The van der Waals surface area contributed by atoms with Crippen LogP contribution in [0, 0.1) is 12.8 Å². The van der Waals surface area contributed by atoms with Gasteiger partial charge in [-0.2, -0.15) is 0 Å². The van der Waals surface area contributed by atoms with Crippen molar-refractivity contribution in [1.29, 1.82) is 0 Å². The highest BCUT2D eigenvalue weighted by Crippen LogP contribution is 2.22. The lowest BCUT2D eigenvalue weighted by Crippen LogP contribution is -2.22. The first-order valence-corrected chi connectivity index (χ1v) is 5.86. The number of nitrogens with one attached hydrogen (secondary N) is 1. The largest absolute Gasteiger partial charge is 0.381 e. The molecule has 1 fully saturated rings. The molecule has 0 amide bonds. The monoisotopic (exact) mass is 217 g/mol. The van der Waals surface area contributed by atoms with Gasteiger partial charge in [-0.25, -0.2) is 0 Å². The van der Waals surface area contributed by atoms with Gasteiger partial charge in [0.1, 0.15) is 0 Å². The Morgan fingerprint density at radius 2 is 2.38 bits per heavy atom. The molecule has 0 spiro atoms. The van der Waals surface area contributed by atoms with Crippen molar-refractivity contribution >= 4 is 5.69 Å². The van der Waals surface area contributed by atoms with Crippen molar-refractivity contribution < 1.29 is 4.74 Å². The summed E-state index contributed by atoms with van der Waals surface area (Å²) in [6.07, 6.45) is 2.32. The van der Waals surface area contributed by atoms with Crippen molar-refractivity contribution in [3.8, 4) is 0 Å². The van der Waals surface area contributed by atoms with Crippen molar-refractivity contribution in [2.24, 2.45) is 5.92 Å². The van der Waals surface area contributed by atoms with Crippen LogP contribution in [-0.2, 0) is 4.74 Å². The Bertz CT molecular complexity index is 367. The Labute approximate surface area is 97.3 Å². The average molecular weight is 217 g/mol. The summed E-state index contributed by atoms with van der Waals surface area (Å²) in [6, 6.07) is 8.36. The minimum absolute atomic E-state index is 0.453. The molecule has 86 valence electrons. The predicted octanol–water partition coefficient (Wildman–Crippen LogP) is 3.35. The molecule has 2 nitrogen and oxygen atoms in total. The van der Waals surface area contributed by atoms with Crippen LogP contribution >= 0.6 is 0 Å². The summed E-state index contributed by atoms with van der Waals surface area (Å²) in [6.45, 7) is 7.91. The molecule has 1 unspecified atom stereocenters. The molecule has 2 heteroatoms. The lowest BCUT2D eigenvalue weighted by atomic mass is 9.99. The number of anilines is 1. The second-order valence-corrected chi connectivity index (χ2v) is 4.43. The van der Waals surface area contributed by atoms with Crippen molar-refractivity contribution in [1.82, 2.24) is 0 Å². The van der Waals surface area contributed by atoms with E-state index in [0.29, 0.717) is 5.92 Å². The molecule has 1 N–H and O–H groups in total. The van der Waals surface area contributed by atoms with E-state index in [9.17, 15) is 0 Å². The van der Waals surface area contributed by atoms with Crippen molar-refractivity contribution in [2.45, 2.75) is 19.8 Å². The molecule has 1 aromatic rings. The number of rotatable bonds is 3. The molecule has 0 aromatic heterocycles. The van der Waals surface area contributed by atoms with E-state index in [0.717, 1.165) is 31.0 Å². The zero-order valence-corrected chi connectivity index (χ0v) is 9.83. The van der Waals surface area contributed by atoms with E-state index >= 15 is 0 Å². The van der Waals surface area contributed by atoms with Crippen LogP contribution in [0.4, 0.5) is 5.69 Å². The topological polar surface area (TPSA) is 21.3 Å². The van der Waals surface area contributed by atoms with Crippen molar-refractivity contribution in [3.05, 3.63) is 42.1 Å². The van der Waals surface area contributed by atoms with Crippen LogP contribution in [0.2, 0.25) is 0 Å². The SMILES string of the molecule is C=C(Nc1cccc(C)c1)C1CCCOC1. The molecule has 0 radical (unpaired) electrons. The van der Waals surface area contributed by atoms with E-state index in [2.05, 4.69) is 43.1 Å². The Hall–Kier alpha value is -1.28. The molecule has 1 heterocycles. The van der Waals surface area contributed by atoms with Gasteiger partial charge in [0.2, 0.25) is 0 Å². The molecular weight excluding hydrogens is 198 g/mol. The molecule has 1 atom stereocenters. The first kappa shape index (κ1) is 11.2. The molecule has 1 saturated heterocycles. The van der Waals surface area contributed by atoms with Gasteiger partial charge in [-0.1, -0.05) is 18.7 Å². The molecule has 1 aromatic carbocycles. The zero-order chi connectivity index (χ0) is 11.4. The fraction of sp³-hybridized carbons (Fsp3) is 0.429. The summed E-state index contributed by atoms with van der Waals surface area (Å²) in [5, 5.41) is 3.38. The van der Waals surface area contributed by atoms with Crippen molar-refractivity contribution in [3.63, 3.8) is 0 Å². The maximum absolute atomic E-state index is 5.46. The predicted molar refractivity (Wildman–Crippen MR) is 67.5 cm³/mol. The van der Waals surface area contributed by atoms with Crippen LogP contribution in [0.3, 0.4) is 0 Å². The standard InChI is InChI=1S/C14H19NO/c1-11-5-3-7-14(9-11)15-12(2)13-6-4-8-16-10-13/h3,5,7,9,13,15H,2,4,6,8,10H2,1H3. The molecule has 1 aliphatic rings. The van der Waals surface area contributed by atoms with Crippen molar-refractivity contribution in [2.75, 3.05) is 18.5 Å². The molecule has 0 bridgehead atoms. The van der Waals surface area contributed by atoms with E-state index in [1.165, 1.54) is 12.0 Å². The summed E-state index contributed by atoms with van der Waals surface area (Å²) in [5.41, 5.74) is 3.46. The lowest BCUT2D eigenvalue weighted by molar-refractivity contribution is 0.0678. The number of hydrogen-bond acceptors (Lipinski definition) is 2. The minimum atomic E-state index is 0.453. The number of aryl methyl sites for hydroxylation is 1. The molecule has 0 saturated carbocycles. The van der Waals surface area contributed by atoms with E-state index in [1.807, 2.05) is 0 Å². The summed E-state index contributed by atoms with van der Waals surface area (Å²) in [5.74, 6) is 0.453. The van der Waals surface area contributed by atoms with Gasteiger partial charge >= 0.3 is 0 Å². The van der Waals surface area contributed by atoms with Gasteiger partial charge in [0, 0.05) is 23.9 Å². The quantitative estimate of drug-likeness (QED) is 0.838. The van der Waals surface area contributed by atoms with Gasteiger partial charge in [-0.15, -0.1) is 0 Å². The van der Waals surface area contributed by atoms with E-state index in [1.54, 1.807) is 0 Å². The maximum Gasteiger partial charge on any atom is 0.0548 e. The van der Waals surface area contributed by atoms with Crippen LogP contribution in [0.5, 0.6) is 0 Å². The van der Waals surface area contributed by atoms with Gasteiger partial charge in [-0.3, -0.25) is 0 Å². The summed E-state index contributed by atoms with van der Waals surface area (Å²) in [4.78, 5) is 0. The minimum Gasteiger partial charge on any atom is -0.381 e. The number of benzene rings is 1. The first-order chi connectivity index (χ1) is 7.75. The Morgan fingerprint density at radius 3 is 3.06 bits per heavy atom. The van der Waals surface area contributed by atoms with Crippen LogP contribution in [0.25, 0.3) is 0 Å². The van der Waals surface area contributed by atoms with Gasteiger partial charge in [0.15, 0.2) is 0 Å². The third-order valence-electron chi connectivity index (χ3n) is 2.98. The average Bonchev–Trinajstić information content (AvgIpc) is 2.30. The highest BCUT2D eigenvalue weighted by Gasteiger charge is 2.16. The fourth-order valence-corrected chi connectivity index (χ4v) is 2.03. The normalized spacial score (nSPS) is 20.4. The van der Waals surface area contributed by atoms with E-state index < -0.39 is 0 Å². The second kappa shape index (κ2) is 5.17. The third-order valence-corrected chi connectivity index (χ3v) is 2.98. The number of hydrogen-bond donors (Lipinski definition) is 1. The van der Waals surface area contributed by atoms with Gasteiger partial charge < -0.3 is 10.1 Å². The second-order valence-electron chi connectivity index (χ2n) is 4.43. The van der Waals surface area contributed by atoms with Crippen LogP contribution in [-0.4, -0.2) is 13.2 Å². The Balaban J connectivity index is 1.96.